The fourth-order valence-electron chi connectivity index (χ4n) is 2.84. The summed E-state index contributed by atoms with van der Waals surface area (Å²) in [4.78, 5) is 35.6. The summed E-state index contributed by atoms with van der Waals surface area (Å²) in [5.74, 6) is -2.57. The van der Waals surface area contributed by atoms with Gasteiger partial charge >= 0.3 is 5.97 Å². The second kappa shape index (κ2) is 11.9. The van der Waals surface area contributed by atoms with E-state index < -0.39 is 40.4 Å². The van der Waals surface area contributed by atoms with Gasteiger partial charge in [-0.2, -0.15) is 4.72 Å². The molecule has 34 heavy (non-hydrogen) atoms. The molecule has 182 valence electrons. The Labute approximate surface area is 197 Å². The Kier molecular flexibility index (Phi) is 9.27. The van der Waals surface area contributed by atoms with Gasteiger partial charge in [-0.15, -0.1) is 0 Å². The zero-order valence-electron chi connectivity index (χ0n) is 18.5. The van der Waals surface area contributed by atoms with Gasteiger partial charge in [0, 0.05) is 30.6 Å². The van der Waals surface area contributed by atoms with Crippen LogP contribution in [0.5, 0.6) is 0 Å². The van der Waals surface area contributed by atoms with Crippen LogP contribution in [0.2, 0.25) is 0 Å². The summed E-state index contributed by atoms with van der Waals surface area (Å²) in [5.41, 5.74) is 7.08. The van der Waals surface area contributed by atoms with Gasteiger partial charge in [-0.3, -0.25) is 19.8 Å². The molecule has 0 aliphatic rings. The van der Waals surface area contributed by atoms with Crippen molar-refractivity contribution in [2.45, 2.75) is 30.7 Å². The number of nitrogens with one attached hydrogen (secondary N) is 4. The lowest BCUT2D eigenvalue weighted by Gasteiger charge is -2.16. The fourth-order valence-corrected chi connectivity index (χ4v) is 4.03. The number of aryl methyl sites for hydroxylation is 1. The molecule has 0 heterocycles. The number of benzene rings is 2. The summed E-state index contributed by atoms with van der Waals surface area (Å²) < 4.78 is 27.0. The SMILES string of the molecule is CCc1ccc(S(=O)(=O)NC(CNC(=O)CCNC(=O)c2ccc(C(=N)N)cc2)C(=O)O)cc1. The van der Waals surface area contributed by atoms with Crippen molar-refractivity contribution in [1.29, 1.82) is 5.41 Å². The molecule has 0 saturated heterocycles. The third-order valence-corrected chi connectivity index (χ3v) is 6.32. The van der Waals surface area contributed by atoms with Crippen LogP contribution in [0.25, 0.3) is 0 Å². The number of carbonyl (C=O) groups is 3. The molecule has 0 saturated carbocycles. The standard InChI is InChI=1S/C22H27N5O6S/c1-2-14-3-9-17(10-4-14)34(32,33)27-18(22(30)31)13-26-19(28)11-12-25-21(29)16-7-5-15(6-8-16)20(23)24/h3-10,18,27H,2,11-13H2,1H3,(H3,23,24)(H,25,29)(H,26,28)(H,30,31). The first kappa shape index (κ1) is 26.5. The Morgan fingerprint density at radius 1 is 1.00 bits per heavy atom. The number of carbonyl (C=O) groups excluding carboxylic acids is 2. The number of carboxylic acid groups (broad SMARTS) is 1. The molecule has 12 heteroatoms. The summed E-state index contributed by atoms with van der Waals surface area (Å²) in [6.45, 7) is 1.43. The summed E-state index contributed by atoms with van der Waals surface area (Å²) >= 11 is 0. The van der Waals surface area contributed by atoms with Crippen molar-refractivity contribution in [3.05, 3.63) is 65.2 Å². The largest absolute Gasteiger partial charge is 0.480 e. The van der Waals surface area contributed by atoms with Crippen LogP contribution in [0, 0.1) is 5.41 Å². The minimum absolute atomic E-state index is 0.0215. The molecular weight excluding hydrogens is 462 g/mol. The highest BCUT2D eigenvalue weighted by Crippen LogP contribution is 2.11. The van der Waals surface area contributed by atoms with Gasteiger partial charge in [0.2, 0.25) is 15.9 Å². The van der Waals surface area contributed by atoms with E-state index in [1.807, 2.05) is 6.92 Å². The van der Waals surface area contributed by atoms with E-state index in [-0.39, 0.29) is 23.7 Å². The van der Waals surface area contributed by atoms with Crippen LogP contribution in [-0.2, 0) is 26.0 Å². The van der Waals surface area contributed by atoms with Gasteiger partial charge in [-0.1, -0.05) is 31.2 Å². The van der Waals surface area contributed by atoms with Crippen LogP contribution in [0.15, 0.2) is 53.4 Å². The van der Waals surface area contributed by atoms with Crippen LogP contribution in [0.1, 0.15) is 34.8 Å². The maximum atomic E-state index is 12.5. The van der Waals surface area contributed by atoms with E-state index in [4.69, 9.17) is 11.1 Å². The molecule has 1 atom stereocenters. The lowest BCUT2D eigenvalue weighted by molar-refractivity contribution is -0.138. The van der Waals surface area contributed by atoms with Crippen LogP contribution in [-0.4, -0.2) is 56.3 Å². The van der Waals surface area contributed by atoms with E-state index >= 15 is 0 Å². The Morgan fingerprint density at radius 2 is 1.59 bits per heavy atom. The number of nitrogens with two attached hydrogens (primary N) is 1. The van der Waals surface area contributed by atoms with Crippen molar-refractivity contribution in [1.82, 2.24) is 15.4 Å². The van der Waals surface area contributed by atoms with Crippen molar-refractivity contribution in [3.63, 3.8) is 0 Å². The summed E-state index contributed by atoms with van der Waals surface area (Å²) in [6.07, 6.45) is 0.582. The van der Waals surface area contributed by atoms with Crippen molar-refractivity contribution >= 4 is 33.6 Å². The van der Waals surface area contributed by atoms with Gasteiger partial charge in [-0.25, -0.2) is 8.42 Å². The third kappa shape index (κ3) is 7.67. The van der Waals surface area contributed by atoms with E-state index in [9.17, 15) is 27.9 Å². The lowest BCUT2D eigenvalue weighted by atomic mass is 10.1. The summed E-state index contributed by atoms with van der Waals surface area (Å²) in [5, 5.41) is 21.6. The monoisotopic (exact) mass is 489 g/mol. The molecule has 2 amide bonds. The Morgan fingerprint density at radius 3 is 2.12 bits per heavy atom. The Bertz CT molecular complexity index is 1150. The first-order valence-electron chi connectivity index (χ1n) is 10.4. The summed E-state index contributed by atoms with van der Waals surface area (Å²) in [7, 11) is -4.10. The normalized spacial score (nSPS) is 11.9. The Balaban J connectivity index is 1.84. The van der Waals surface area contributed by atoms with Crippen LogP contribution in [0.3, 0.4) is 0 Å². The molecule has 0 spiro atoms. The first-order valence-corrected chi connectivity index (χ1v) is 11.8. The van der Waals surface area contributed by atoms with Crippen molar-refractivity contribution < 1.29 is 27.9 Å². The van der Waals surface area contributed by atoms with Crippen LogP contribution < -0.4 is 21.1 Å². The van der Waals surface area contributed by atoms with Gasteiger partial charge in [0.05, 0.1) is 4.90 Å². The van der Waals surface area contributed by atoms with Gasteiger partial charge in [-0.05, 0) is 36.2 Å². The predicted octanol–water partition coefficient (Wildman–Crippen LogP) is 0.201. The number of rotatable bonds is 12. The van der Waals surface area contributed by atoms with Gasteiger partial charge < -0.3 is 21.5 Å². The molecule has 0 aliphatic carbocycles. The lowest BCUT2D eigenvalue weighted by Crippen LogP contribution is -2.48. The second-order valence-corrected chi connectivity index (χ2v) is 9.02. The van der Waals surface area contributed by atoms with E-state index in [0.717, 1.165) is 12.0 Å². The average molecular weight is 490 g/mol. The molecule has 7 N–H and O–H groups in total. The fraction of sp³-hybridized carbons (Fsp3) is 0.273. The van der Waals surface area contributed by atoms with E-state index in [0.29, 0.717) is 11.1 Å². The molecule has 2 aromatic rings. The van der Waals surface area contributed by atoms with Gasteiger partial charge in [0.1, 0.15) is 11.9 Å². The Hall–Kier alpha value is -3.77. The maximum Gasteiger partial charge on any atom is 0.323 e. The topological polar surface area (TPSA) is 192 Å². The highest BCUT2D eigenvalue weighted by atomic mass is 32.2. The third-order valence-electron chi connectivity index (χ3n) is 4.84. The van der Waals surface area contributed by atoms with Gasteiger partial charge in [0.15, 0.2) is 0 Å². The van der Waals surface area contributed by atoms with Crippen LogP contribution >= 0.6 is 0 Å². The van der Waals surface area contributed by atoms with Crippen molar-refractivity contribution in [2.75, 3.05) is 13.1 Å². The zero-order chi connectivity index (χ0) is 25.3. The number of hydrogen-bond donors (Lipinski definition) is 6. The number of hydrogen-bond acceptors (Lipinski definition) is 6. The molecule has 11 nitrogen and oxygen atoms in total. The maximum absolute atomic E-state index is 12.5. The molecule has 2 rings (SSSR count). The van der Waals surface area contributed by atoms with E-state index in [1.54, 1.807) is 12.1 Å². The molecular formula is C22H27N5O6S. The molecule has 0 radical (unpaired) electrons. The minimum atomic E-state index is -4.10. The first-order chi connectivity index (χ1) is 16.0. The molecule has 0 fully saturated rings. The minimum Gasteiger partial charge on any atom is -0.480 e. The predicted molar refractivity (Wildman–Crippen MR) is 125 cm³/mol. The number of carboxylic acids is 1. The second-order valence-electron chi connectivity index (χ2n) is 7.31. The number of aliphatic carboxylic acids is 1. The molecule has 1 unspecified atom stereocenters. The van der Waals surface area contributed by atoms with Crippen molar-refractivity contribution in [2.24, 2.45) is 5.73 Å². The van der Waals surface area contributed by atoms with Crippen molar-refractivity contribution in [3.8, 4) is 0 Å². The smallest absolute Gasteiger partial charge is 0.323 e. The highest BCUT2D eigenvalue weighted by molar-refractivity contribution is 7.89. The highest BCUT2D eigenvalue weighted by Gasteiger charge is 2.26. The number of amidine groups is 1. The average Bonchev–Trinajstić information content (AvgIpc) is 2.81. The molecule has 2 aromatic carbocycles. The molecule has 0 aliphatic heterocycles. The number of amides is 2. The van der Waals surface area contributed by atoms with Crippen LogP contribution in [0.4, 0.5) is 0 Å². The van der Waals surface area contributed by atoms with E-state index in [1.165, 1.54) is 36.4 Å². The molecule has 0 aromatic heterocycles. The van der Waals surface area contributed by atoms with E-state index in [2.05, 4.69) is 15.4 Å². The molecule has 0 bridgehead atoms. The number of nitrogen functional groups attached to an aromatic ring is 1. The summed E-state index contributed by atoms with van der Waals surface area (Å²) in [6, 6.07) is 10.5. The quantitative estimate of drug-likeness (QED) is 0.181. The zero-order valence-corrected chi connectivity index (χ0v) is 19.3. The number of sulfonamides is 1. The van der Waals surface area contributed by atoms with Gasteiger partial charge in [0.25, 0.3) is 5.91 Å².